The van der Waals surface area contributed by atoms with Crippen molar-refractivity contribution >= 4 is 0 Å². The molecule has 1 fully saturated rings. The van der Waals surface area contributed by atoms with Gasteiger partial charge < -0.3 is 10.5 Å². The second-order valence-electron chi connectivity index (χ2n) is 3.60. The lowest BCUT2D eigenvalue weighted by atomic mass is 9.86. The van der Waals surface area contributed by atoms with Gasteiger partial charge in [0.1, 0.15) is 17.5 Å². The van der Waals surface area contributed by atoms with Crippen molar-refractivity contribution in [1.82, 2.24) is 0 Å². The minimum absolute atomic E-state index is 0.0378. The van der Waals surface area contributed by atoms with Crippen LogP contribution in [0.1, 0.15) is 17.5 Å². The van der Waals surface area contributed by atoms with Crippen LogP contribution in [0.2, 0.25) is 0 Å². The number of hydrogen-bond acceptors (Lipinski definition) is 3. The third-order valence-corrected chi connectivity index (χ3v) is 2.83. The van der Waals surface area contributed by atoms with E-state index in [-0.39, 0.29) is 5.56 Å². The van der Waals surface area contributed by atoms with E-state index in [1.807, 2.05) is 6.07 Å². The molecule has 1 aliphatic rings. The monoisotopic (exact) mass is 206 g/mol. The van der Waals surface area contributed by atoms with Gasteiger partial charge in [0.2, 0.25) is 0 Å². The summed E-state index contributed by atoms with van der Waals surface area (Å²) < 4.78 is 18.5. The summed E-state index contributed by atoms with van der Waals surface area (Å²) in [5.74, 6) is -0.507. The molecule has 3 nitrogen and oxygen atoms in total. The van der Waals surface area contributed by atoms with E-state index in [1.54, 1.807) is 6.07 Å². The quantitative estimate of drug-likeness (QED) is 0.792. The molecular weight excluding hydrogens is 195 g/mol. The van der Waals surface area contributed by atoms with Crippen LogP contribution in [-0.4, -0.2) is 13.2 Å². The second kappa shape index (κ2) is 3.61. The Kier molecular flexibility index (Phi) is 2.43. The Morgan fingerprint density at radius 1 is 1.60 bits per heavy atom. The van der Waals surface area contributed by atoms with E-state index in [0.717, 1.165) is 12.0 Å². The first-order valence-corrected chi connectivity index (χ1v) is 4.76. The molecule has 0 radical (unpaired) electrons. The van der Waals surface area contributed by atoms with Crippen LogP contribution in [0.4, 0.5) is 4.39 Å². The van der Waals surface area contributed by atoms with Gasteiger partial charge in [0.05, 0.1) is 12.2 Å². The maximum atomic E-state index is 13.1. The predicted octanol–water partition coefficient (Wildman–Crippen LogP) is 1.27. The van der Waals surface area contributed by atoms with E-state index in [1.165, 1.54) is 12.1 Å². The molecular formula is C11H11FN2O. The van der Waals surface area contributed by atoms with Crippen LogP contribution >= 0.6 is 0 Å². The number of nitrogens with two attached hydrogens (primary N) is 1. The van der Waals surface area contributed by atoms with Gasteiger partial charge >= 0.3 is 0 Å². The Bertz CT molecular complexity index is 416. The molecule has 0 bridgehead atoms. The summed E-state index contributed by atoms with van der Waals surface area (Å²) in [6, 6.07) is 6.24. The Labute approximate surface area is 87.3 Å². The van der Waals surface area contributed by atoms with Crippen LogP contribution in [0.5, 0.6) is 0 Å². The standard InChI is InChI=1S/C11H11FN2O/c12-10-2-1-9(5-8(10)6-13)11(7-14)3-4-15-11/h1-2,5H,3-4,7,14H2. The van der Waals surface area contributed by atoms with Crippen molar-refractivity contribution in [3.8, 4) is 6.07 Å². The number of nitrogens with zero attached hydrogens (tertiary/aromatic N) is 1. The Morgan fingerprint density at radius 3 is 2.80 bits per heavy atom. The van der Waals surface area contributed by atoms with Crippen molar-refractivity contribution < 1.29 is 9.13 Å². The number of hydrogen-bond donors (Lipinski definition) is 1. The topological polar surface area (TPSA) is 59.0 Å². The van der Waals surface area contributed by atoms with Crippen molar-refractivity contribution in [2.45, 2.75) is 12.0 Å². The molecule has 1 aromatic rings. The van der Waals surface area contributed by atoms with Gasteiger partial charge in [-0.2, -0.15) is 5.26 Å². The summed E-state index contributed by atoms with van der Waals surface area (Å²) in [6.45, 7) is 1.01. The molecule has 1 saturated heterocycles. The maximum Gasteiger partial charge on any atom is 0.140 e. The van der Waals surface area contributed by atoms with Gasteiger partial charge in [-0.3, -0.25) is 0 Å². The van der Waals surface area contributed by atoms with Crippen molar-refractivity contribution in [3.05, 3.63) is 35.1 Å². The maximum absolute atomic E-state index is 13.1. The molecule has 2 N–H and O–H groups in total. The number of nitriles is 1. The molecule has 1 aromatic carbocycles. The highest BCUT2D eigenvalue weighted by atomic mass is 19.1. The van der Waals surface area contributed by atoms with Gasteiger partial charge in [-0.15, -0.1) is 0 Å². The van der Waals surface area contributed by atoms with Crippen LogP contribution in [0.25, 0.3) is 0 Å². The highest BCUT2D eigenvalue weighted by molar-refractivity contribution is 5.37. The number of benzene rings is 1. The second-order valence-corrected chi connectivity index (χ2v) is 3.60. The summed E-state index contributed by atoms with van der Waals surface area (Å²) >= 11 is 0. The van der Waals surface area contributed by atoms with Crippen LogP contribution in [0.3, 0.4) is 0 Å². The van der Waals surface area contributed by atoms with Gasteiger partial charge in [-0.05, 0) is 17.7 Å². The lowest BCUT2D eigenvalue weighted by Gasteiger charge is -2.41. The summed E-state index contributed by atoms with van der Waals surface area (Å²) in [6.07, 6.45) is 0.819. The van der Waals surface area contributed by atoms with E-state index >= 15 is 0 Å². The molecule has 1 heterocycles. The average Bonchev–Trinajstić information content (AvgIpc) is 2.19. The minimum atomic E-state index is -0.507. The van der Waals surface area contributed by atoms with Gasteiger partial charge in [-0.25, -0.2) is 4.39 Å². The third-order valence-electron chi connectivity index (χ3n) is 2.83. The lowest BCUT2D eigenvalue weighted by Crippen LogP contribution is -2.47. The molecule has 15 heavy (non-hydrogen) atoms. The van der Waals surface area contributed by atoms with E-state index in [9.17, 15) is 4.39 Å². The molecule has 4 heteroatoms. The highest BCUT2D eigenvalue weighted by Crippen LogP contribution is 2.36. The van der Waals surface area contributed by atoms with Crippen LogP contribution in [-0.2, 0) is 10.3 Å². The Balaban J connectivity index is 2.41. The molecule has 0 saturated carbocycles. The number of rotatable bonds is 2. The molecule has 1 atom stereocenters. The van der Waals surface area contributed by atoms with Crippen molar-refractivity contribution in [2.24, 2.45) is 5.73 Å². The fourth-order valence-electron chi connectivity index (χ4n) is 1.75. The predicted molar refractivity (Wildman–Crippen MR) is 52.4 cm³/mol. The fraction of sp³-hybridized carbons (Fsp3) is 0.364. The summed E-state index contributed by atoms with van der Waals surface area (Å²) in [7, 11) is 0. The Hall–Kier alpha value is -1.44. The fourth-order valence-corrected chi connectivity index (χ4v) is 1.75. The van der Waals surface area contributed by atoms with E-state index in [4.69, 9.17) is 15.7 Å². The van der Waals surface area contributed by atoms with Gasteiger partial charge in [-0.1, -0.05) is 6.07 Å². The Morgan fingerprint density at radius 2 is 2.33 bits per heavy atom. The van der Waals surface area contributed by atoms with Gasteiger partial charge in [0.25, 0.3) is 0 Å². The first kappa shape index (κ1) is 10.1. The lowest BCUT2D eigenvalue weighted by molar-refractivity contribution is -0.146. The molecule has 2 rings (SSSR count). The van der Waals surface area contributed by atoms with Crippen molar-refractivity contribution in [2.75, 3.05) is 13.2 Å². The SMILES string of the molecule is N#Cc1cc(C2(CN)CCO2)ccc1F. The number of ether oxygens (including phenoxy) is 1. The average molecular weight is 206 g/mol. The van der Waals surface area contributed by atoms with Crippen molar-refractivity contribution in [3.63, 3.8) is 0 Å². The molecule has 0 aliphatic carbocycles. The first-order valence-electron chi connectivity index (χ1n) is 4.76. The van der Waals surface area contributed by atoms with E-state index in [0.29, 0.717) is 13.2 Å². The third kappa shape index (κ3) is 1.50. The zero-order valence-electron chi connectivity index (χ0n) is 8.16. The first-order chi connectivity index (χ1) is 7.22. The smallest absolute Gasteiger partial charge is 0.140 e. The molecule has 0 spiro atoms. The molecule has 78 valence electrons. The molecule has 0 amide bonds. The van der Waals surface area contributed by atoms with Crippen LogP contribution < -0.4 is 5.73 Å². The number of halogens is 1. The normalized spacial score (nSPS) is 24.3. The van der Waals surface area contributed by atoms with E-state index in [2.05, 4.69) is 0 Å². The molecule has 1 aliphatic heterocycles. The summed E-state index contributed by atoms with van der Waals surface area (Å²) in [4.78, 5) is 0. The van der Waals surface area contributed by atoms with Crippen LogP contribution in [0.15, 0.2) is 18.2 Å². The molecule has 1 unspecified atom stereocenters. The summed E-state index contributed by atoms with van der Waals surface area (Å²) in [5, 5.41) is 8.71. The van der Waals surface area contributed by atoms with E-state index < -0.39 is 11.4 Å². The zero-order chi connectivity index (χ0) is 10.9. The summed E-state index contributed by atoms with van der Waals surface area (Å²) in [5.41, 5.74) is 5.95. The molecule has 0 aromatic heterocycles. The van der Waals surface area contributed by atoms with Crippen LogP contribution in [0, 0.1) is 17.1 Å². The highest BCUT2D eigenvalue weighted by Gasteiger charge is 2.39. The minimum Gasteiger partial charge on any atom is -0.369 e. The van der Waals surface area contributed by atoms with Gasteiger partial charge in [0, 0.05) is 13.0 Å². The van der Waals surface area contributed by atoms with Gasteiger partial charge in [0.15, 0.2) is 0 Å². The zero-order valence-corrected chi connectivity index (χ0v) is 8.16. The van der Waals surface area contributed by atoms with Crippen molar-refractivity contribution in [1.29, 1.82) is 5.26 Å². The largest absolute Gasteiger partial charge is 0.369 e.